The number of thioether (sulfide) groups is 1. The first-order chi connectivity index (χ1) is 13.0. The van der Waals surface area contributed by atoms with Gasteiger partial charge in [0.2, 0.25) is 5.16 Å². The van der Waals surface area contributed by atoms with Gasteiger partial charge in [0.05, 0.1) is 16.8 Å². The molecule has 138 valence electrons. The molecule has 1 aliphatic rings. The van der Waals surface area contributed by atoms with Crippen LogP contribution in [0.3, 0.4) is 0 Å². The number of nitrogens with one attached hydrogen (secondary N) is 2. The van der Waals surface area contributed by atoms with E-state index in [2.05, 4.69) is 47.3 Å². The number of hydrogen-bond donors (Lipinski definition) is 3. The maximum absolute atomic E-state index is 12.9. The van der Waals surface area contributed by atoms with E-state index in [0.717, 1.165) is 31.5 Å². The largest absolute Gasteiger partial charge is 0.508 e. The van der Waals surface area contributed by atoms with Crippen molar-refractivity contribution in [2.75, 3.05) is 11.1 Å². The van der Waals surface area contributed by atoms with E-state index in [9.17, 15) is 9.90 Å². The summed E-state index contributed by atoms with van der Waals surface area (Å²) in [6, 6.07) is 10.8. The van der Waals surface area contributed by atoms with Crippen LogP contribution < -0.4 is 15.6 Å². The molecular weight excluding hydrogens is 496 g/mol. The average Bonchev–Trinajstić information content (AvgIpc) is 2.63. The van der Waals surface area contributed by atoms with Crippen molar-refractivity contribution in [2.45, 2.75) is 18.2 Å². The summed E-state index contributed by atoms with van der Waals surface area (Å²) in [7, 11) is 0. The molecule has 4 rings (SSSR count). The van der Waals surface area contributed by atoms with Crippen molar-refractivity contribution in [2.24, 2.45) is 0 Å². The minimum atomic E-state index is -0.450. The van der Waals surface area contributed by atoms with Gasteiger partial charge in [0, 0.05) is 14.0 Å². The van der Waals surface area contributed by atoms with Crippen LogP contribution >= 0.6 is 43.6 Å². The number of aromatic amines is 1. The van der Waals surface area contributed by atoms with Crippen molar-refractivity contribution < 1.29 is 9.79 Å². The summed E-state index contributed by atoms with van der Waals surface area (Å²) in [5.74, 6) is 0.935. The lowest BCUT2D eigenvalue weighted by atomic mass is 10.0. The molecule has 0 saturated heterocycles. The average molecular weight is 511 g/mol. The number of nitrogens with zero attached hydrogens (tertiary/aromatic N) is 2. The predicted octanol–water partition coefficient (Wildman–Crippen LogP) is 4.04. The SMILES string of the molecule is CCSc1n[n+]2c(c(=O)[nH]1)-c1cc(Br)ccc1N[C@@H]2c1cc(O)ccc1Br. The zero-order valence-electron chi connectivity index (χ0n) is 14.2. The topological polar surface area (TPSA) is 81.9 Å². The van der Waals surface area contributed by atoms with E-state index in [4.69, 9.17) is 0 Å². The summed E-state index contributed by atoms with van der Waals surface area (Å²) in [5, 5.41) is 18.6. The van der Waals surface area contributed by atoms with Gasteiger partial charge in [-0.25, -0.2) is 0 Å². The summed E-state index contributed by atoms with van der Waals surface area (Å²) in [5.41, 5.74) is 2.62. The van der Waals surface area contributed by atoms with Gasteiger partial charge in [-0.15, -0.1) is 0 Å². The molecule has 0 aliphatic carbocycles. The molecule has 2 aromatic carbocycles. The molecule has 2 heterocycles. The number of phenols is 1. The summed E-state index contributed by atoms with van der Waals surface area (Å²) in [6.45, 7) is 2.00. The van der Waals surface area contributed by atoms with E-state index >= 15 is 0 Å². The van der Waals surface area contributed by atoms with Crippen LogP contribution in [0.15, 0.2) is 55.3 Å². The van der Waals surface area contributed by atoms with Gasteiger partial charge in [-0.2, -0.15) is 0 Å². The van der Waals surface area contributed by atoms with Crippen molar-refractivity contribution in [1.82, 2.24) is 10.1 Å². The number of hydrogen-bond acceptors (Lipinski definition) is 5. The Morgan fingerprint density at radius 3 is 2.85 bits per heavy atom. The molecular formula is C18H15Br2N4O2S+. The lowest BCUT2D eigenvalue weighted by molar-refractivity contribution is -0.759. The van der Waals surface area contributed by atoms with E-state index in [-0.39, 0.29) is 11.3 Å². The molecule has 1 aliphatic heterocycles. The highest BCUT2D eigenvalue weighted by atomic mass is 79.9. The summed E-state index contributed by atoms with van der Waals surface area (Å²) in [4.78, 5) is 15.8. The van der Waals surface area contributed by atoms with Gasteiger partial charge in [-0.3, -0.25) is 9.78 Å². The van der Waals surface area contributed by atoms with Gasteiger partial charge < -0.3 is 10.4 Å². The molecule has 0 saturated carbocycles. The Kier molecular flexibility index (Phi) is 5.00. The van der Waals surface area contributed by atoms with E-state index in [1.54, 1.807) is 22.9 Å². The van der Waals surface area contributed by atoms with E-state index in [1.165, 1.54) is 11.8 Å². The molecule has 27 heavy (non-hydrogen) atoms. The number of phenolic OH excluding ortho intramolecular Hbond substituents is 1. The second-order valence-corrected chi connectivity index (χ2v) is 8.95. The van der Waals surface area contributed by atoms with Crippen LogP contribution in [0.1, 0.15) is 18.7 Å². The zero-order valence-corrected chi connectivity index (χ0v) is 18.2. The number of H-pyrrole nitrogens is 1. The maximum Gasteiger partial charge on any atom is 0.325 e. The first kappa shape index (κ1) is 18.5. The van der Waals surface area contributed by atoms with Gasteiger partial charge >= 0.3 is 11.3 Å². The zero-order chi connectivity index (χ0) is 19.1. The fourth-order valence-electron chi connectivity index (χ4n) is 3.06. The number of aromatic nitrogens is 3. The quantitative estimate of drug-likeness (QED) is 0.366. The highest BCUT2D eigenvalue weighted by Crippen LogP contribution is 2.36. The molecule has 0 radical (unpaired) electrons. The van der Waals surface area contributed by atoms with E-state index in [1.807, 2.05) is 25.1 Å². The monoisotopic (exact) mass is 509 g/mol. The smallest absolute Gasteiger partial charge is 0.325 e. The predicted molar refractivity (Wildman–Crippen MR) is 112 cm³/mol. The van der Waals surface area contributed by atoms with Gasteiger partial charge in [0.1, 0.15) is 5.75 Å². The number of rotatable bonds is 3. The molecule has 9 heteroatoms. The molecule has 0 unspecified atom stereocenters. The molecule has 3 aromatic rings. The number of halogens is 2. The standard InChI is InChI=1S/C18H14Br2N4O2S/c1-2-27-18-22-17(26)15-12-7-9(19)3-6-14(12)21-16(24(15)23-18)11-8-10(25)4-5-13(11)20/h3-8,16H,2H2,1H3,(H2,22,23,25,26)/p+1/t16-/m0/s1. The Balaban J connectivity index is 2.00. The molecule has 0 fully saturated rings. The van der Waals surface area contributed by atoms with Crippen molar-refractivity contribution in [3.8, 4) is 17.0 Å². The Hall–Kier alpha value is -1.84. The number of aromatic hydroxyl groups is 1. The fourth-order valence-corrected chi connectivity index (χ4v) is 4.47. The fraction of sp³-hybridized carbons (Fsp3) is 0.167. The van der Waals surface area contributed by atoms with Crippen LogP contribution in [0.4, 0.5) is 5.69 Å². The highest BCUT2D eigenvalue weighted by Gasteiger charge is 2.38. The third-order valence-corrected chi connectivity index (χ3v) is 6.15. The van der Waals surface area contributed by atoms with Gasteiger partial charge in [0.15, 0.2) is 0 Å². The summed E-state index contributed by atoms with van der Waals surface area (Å²) >= 11 is 8.48. The normalized spacial score (nSPS) is 15.0. The van der Waals surface area contributed by atoms with E-state index < -0.39 is 6.17 Å². The minimum absolute atomic E-state index is 0.145. The molecule has 6 nitrogen and oxygen atoms in total. The van der Waals surface area contributed by atoms with Crippen molar-refractivity contribution in [3.05, 3.63) is 61.3 Å². The van der Waals surface area contributed by atoms with Crippen molar-refractivity contribution in [1.29, 1.82) is 0 Å². The third-order valence-electron chi connectivity index (χ3n) is 4.19. The van der Waals surface area contributed by atoms with Gasteiger partial charge in [0.25, 0.3) is 6.17 Å². The minimum Gasteiger partial charge on any atom is -0.508 e. The summed E-state index contributed by atoms with van der Waals surface area (Å²) < 4.78 is 3.37. The number of benzene rings is 2. The van der Waals surface area contributed by atoms with Crippen molar-refractivity contribution in [3.63, 3.8) is 0 Å². The van der Waals surface area contributed by atoms with Crippen LogP contribution in [-0.2, 0) is 0 Å². The van der Waals surface area contributed by atoms with Gasteiger partial charge in [-0.1, -0.05) is 50.5 Å². The molecule has 3 N–H and O–H groups in total. The summed E-state index contributed by atoms with van der Waals surface area (Å²) in [6.07, 6.45) is -0.450. The van der Waals surface area contributed by atoms with E-state index in [0.29, 0.717) is 10.9 Å². The lowest BCUT2D eigenvalue weighted by Gasteiger charge is -2.23. The van der Waals surface area contributed by atoms with Crippen LogP contribution in [0.2, 0.25) is 0 Å². The number of fused-ring (bicyclic) bond motifs is 3. The molecule has 0 amide bonds. The molecule has 0 spiro atoms. The molecule has 0 bridgehead atoms. The first-order valence-corrected chi connectivity index (χ1v) is 10.8. The first-order valence-electron chi connectivity index (χ1n) is 8.21. The Labute approximate surface area is 176 Å². The van der Waals surface area contributed by atoms with Crippen LogP contribution in [-0.4, -0.2) is 20.9 Å². The van der Waals surface area contributed by atoms with Crippen LogP contribution in [0.5, 0.6) is 5.75 Å². The van der Waals surface area contributed by atoms with Crippen LogP contribution in [0, 0.1) is 0 Å². The Bertz CT molecular complexity index is 1100. The Morgan fingerprint density at radius 2 is 2.07 bits per heavy atom. The highest BCUT2D eigenvalue weighted by molar-refractivity contribution is 9.10. The van der Waals surface area contributed by atoms with Gasteiger partial charge in [-0.05, 0) is 46.8 Å². The second kappa shape index (κ2) is 7.29. The molecule has 1 atom stereocenters. The molecule has 1 aromatic heterocycles. The second-order valence-electron chi connectivity index (χ2n) is 5.93. The third kappa shape index (κ3) is 3.39. The number of anilines is 1. The van der Waals surface area contributed by atoms with Crippen LogP contribution in [0.25, 0.3) is 11.3 Å². The lowest BCUT2D eigenvalue weighted by Crippen LogP contribution is -2.55. The maximum atomic E-state index is 12.9. The Morgan fingerprint density at radius 1 is 1.26 bits per heavy atom. The van der Waals surface area contributed by atoms with Crippen molar-refractivity contribution >= 4 is 49.3 Å².